The molecule has 1 atom stereocenters. The van der Waals surface area contributed by atoms with Gasteiger partial charge in [-0.05, 0) is 30.2 Å². The molecule has 0 aliphatic carbocycles. The molecule has 0 fully saturated rings. The van der Waals surface area contributed by atoms with Crippen LogP contribution >= 0.6 is 11.6 Å². The van der Waals surface area contributed by atoms with Gasteiger partial charge in [-0.15, -0.1) is 0 Å². The predicted octanol–water partition coefficient (Wildman–Crippen LogP) is 2.62. The Morgan fingerprint density at radius 1 is 1.54 bits per heavy atom. The van der Waals surface area contributed by atoms with Gasteiger partial charge in [-0.2, -0.15) is 5.26 Å². The van der Waals surface area contributed by atoms with Crippen molar-refractivity contribution in [3.05, 3.63) is 34.3 Å². The Hall–Kier alpha value is -1.04. The van der Waals surface area contributed by atoms with Crippen molar-refractivity contribution in [3.8, 4) is 6.07 Å². The van der Waals surface area contributed by atoms with E-state index >= 15 is 0 Å². The number of halogens is 1. The summed E-state index contributed by atoms with van der Waals surface area (Å²) in [5.41, 5.74) is 7.30. The van der Waals surface area contributed by atoms with Gasteiger partial charge in [-0.1, -0.05) is 18.5 Å². The van der Waals surface area contributed by atoms with Crippen LogP contribution in [-0.2, 0) is 0 Å². The second kappa shape index (κ2) is 4.27. The van der Waals surface area contributed by atoms with Crippen molar-refractivity contribution in [2.24, 2.45) is 5.73 Å². The zero-order valence-electron chi connectivity index (χ0n) is 7.42. The van der Waals surface area contributed by atoms with Gasteiger partial charge < -0.3 is 5.73 Å². The van der Waals surface area contributed by atoms with Crippen molar-refractivity contribution in [2.45, 2.75) is 19.4 Å². The van der Waals surface area contributed by atoms with Gasteiger partial charge in [-0.25, -0.2) is 0 Å². The maximum absolute atomic E-state index is 8.69. The standard InChI is InChI=1S/C10H11ClN2/c1-2-10(13)8-3-7(6-12)4-9(11)5-8/h3-5,10H,2,13H2,1H3/t10-/m0/s1. The molecule has 2 nitrogen and oxygen atoms in total. The van der Waals surface area contributed by atoms with E-state index < -0.39 is 0 Å². The highest BCUT2D eigenvalue weighted by atomic mass is 35.5. The zero-order chi connectivity index (χ0) is 9.84. The molecule has 3 heteroatoms. The van der Waals surface area contributed by atoms with Crippen molar-refractivity contribution < 1.29 is 0 Å². The average Bonchev–Trinajstić information content (AvgIpc) is 2.15. The fraction of sp³-hybridized carbons (Fsp3) is 0.300. The Morgan fingerprint density at radius 3 is 2.77 bits per heavy atom. The largest absolute Gasteiger partial charge is 0.324 e. The van der Waals surface area contributed by atoms with Crippen LogP contribution in [0.15, 0.2) is 18.2 Å². The lowest BCUT2D eigenvalue weighted by Crippen LogP contribution is -2.08. The topological polar surface area (TPSA) is 49.8 Å². The summed E-state index contributed by atoms with van der Waals surface area (Å²) < 4.78 is 0. The van der Waals surface area contributed by atoms with Crippen LogP contribution in [-0.4, -0.2) is 0 Å². The van der Waals surface area contributed by atoms with Gasteiger partial charge in [0.15, 0.2) is 0 Å². The van der Waals surface area contributed by atoms with E-state index in [4.69, 9.17) is 22.6 Å². The van der Waals surface area contributed by atoms with E-state index in [1.54, 1.807) is 18.2 Å². The summed E-state index contributed by atoms with van der Waals surface area (Å²) in [5.74, 6) is 0. The summed E-state index contributed by atoms with van der Waals surface area (Å²) >= 11 is 5.82. The molecule has 0 bridgehead atoms. The molecule has 0 heterocycles. The summed E-state index contributed by atoms with van der Waals surface area (Å²) in [4.78, 5) is 0. The summed E-state index contributed by atoms with van der Waals surface area (Å²) in [7, 11) is 0. The van der Waals surface area contributed by atoms with Crippen LogP contribution in [0, 0.1) is 11.3 Å². The minimum atomic E-state index is -0.0363. The van der Waals surface area contributed by atoms with Crippen LogP contribution in [0.4, 0.5) is 0 Å². The maximum Gasteiger partial charge on any atom is 0.0992 e. The van der Waals surface area contributed by atoms with Crippen molar-refractivity contribution in [3.63, 3.8) is 0 Å². The highest BCUT2D eigenvalue weighted by Crippen LogP contribution is 2.20. The lowest BCUT2D eigenvalue weighted by Gasteiger charge is -2.09. The van der Waals surface area contributed by atoms with E-state index in [1.807, 2.05) is 13.0 Å². The Labute approximate surface area is 82.9 Å². The third kappa shape index (κ3) is 2.45. The van der Waals surface area contributed by atoms with Crippen molar-refractivity contribution >= 4 is 11.6 Å². The molecule has 1 aromatic carbocycles. The smallest absolute Gasteiger partial charge is 0.0992 e. The van der Waals surface area contributed by atoms with Crippen molar-refractivity contribution in [2.75, 3.05) is 0 Å². The minimum absolute atomic E-state index is 0.0363. The second-order valence-electron chi connectivity index (χ2n) is 2.90. The molecule has 0 spiro atoms. The first-order chi connectivity index (χ1) is 6.17. The number of nitrogens with two attached hydrogens (primary N) is 1. The lowest BCUT2D eigenvalue weighted by atomic mass is 10.0. The summed E-state index contributed by atoms with van der Waals surface area (Å²) in [6.07, 6.45) is 0.839. The first kappa shape index (κ1) is 10.0. The van der Waals surface area contributed by atoms with Gasteiger partial charge in [0.25, 0.3) is 0 Å². The maximum atomic E-state index is 8.69. The fourth-order valence-electron chi connectivity index (χ4n) is 1.13. The van der Waals surface area contributed by atoms with E-state index in [1.165, 1.54) is 0 Å². The van der Waals surface area contributed by atoms with Crippen LogP contribution in [0.5, 0.6) is 0 Å². The molecule has 68 valence electrons. The lowest BCUT2D eigenvalue weighted by molar-refractivity contribution is 0.698. The summed E-state index contributed by atoms with van der Waals surface area (Å²) in [6.45, 7) is 2.00. The van der Waals surface area contributed by atoms with Gasteiger partial charge in [-0.3, -0.25) is 0 Å². The highest BCUT2D eigenvalue weighted by molar-refractivity contribution is 6.30. The van der Waals surface area contributed by atoms with Crippen LogP contribution in [0.2, 0.25) is 5.02 Å². The fourth-order valence-corrected chi connectivity index (χ4v) is 1.37. The van der Waals surface area contributed by atoms with E-state index in [0.717, 1.165) is 12.0 Å². The van der Waals surface area contributed by atoms with Gasteiger partial charge in [0.05, 0.1) is 11.6 Å². The Kier molecular flexibility index (Phi) is 3.30. The number of rotatable bonds is 2. The number of nitriles is 1. The normalized spacial score (nSPS) is 12.2. The molecule has 0 saturated carbocycles. The molecule has 13 heavy (non-hydrogen) atoms. The van der Waals surface area contributed by atoms with E-state index in [0.29, 0.717) is 10.6 Å². The SMILES string of the molecule is CC[C@H](N)c1cc(Cl)cc(C#N)c1. The van der Waals surface area contributed by atoms with Gasteiger partial charge in [0, 0.05) is 11.1 Å². The quantitative estimate of drug-likeness (QED) is 0.787. The number of hydrogen-bond acceptors (Lipinski definition) is 2. The Morgan fingerprint density at radius 2 is 2.23 bits per heavy atom. The average molecular weight is 195 g/mol. The van der Waals surface area contributed by atoms with E-state index in [9.17, 15) is 0 Å². The number of benzene rings is 1. The first-order valence-corrected chi connectivity index (χ1v) is 4.51. The van der Waals surface area contributed by atoms with Gasteiger partial charge >= 0.3 is 0 Å². The van der Waals surface area contributed by atoms with Crippen LogP contribution in [0.3, 0.4) is 0 Å². The highest BCUT2D eigenvalue weighted by Gasteiger charge is 2.05. The van der Waals surface area contributed by atoms with Crippen LogP contribution in [0.25, 0.3) is 0 Å². The number of nitrogens with zero attached hydrogens (tertiary/aromatic N) is 1. The van der Waals surface area contributed by atoms with Crippen LogP contribution in [0.1, 0.15) is 30.5 Å². The van der Waals surface area contributed by atoms with Gasteiger partial charge in [0.2, 0.25) is 0 Å². The molecular formula is C10H11ClN2. The molecule has 1 aromatic rings. The molecule has 0 saturated heterocycles. The molecular weight excluding hydrogens is 184 g/mol. The number of hydrogen-bond donors (Lipinski definition) is 1. The molecule has 0 amide bonds. The van der Waals surface area contributed by atoms with Crippen molar-refractivity contribution in [1.29, 1.82) is 5.26 Å². The Balaban J connectivity index is 3.10. The second-order valence-corrected chi connectivity index (χ2v) is 3.34. The molecule has 0 unspecified atom stereocenters. The molecule has 0 aliphatic rings. The van der Waals surface area contributed by atoms with E-state index in [2.05, 4.69) is 0 Å². The third-order valence-corrected chi connectivity index (χ3v) is 2.14. The zero-order valence-corrected chi connectivity index (χ0v) is 8.17. The first-order valence-electron chi connectivity index (χ1n) is 4.13. The third-order valence-electron chi connectivity index (χ3n) is 1.92. The van der Waals surface area contributed by atoms with Gasteiger partial charge in [0.1, 0.15) is 0 Å². The van der Waals surface area contributed by atoms with Crippen LogP contribution < -0.4 is 5.73 Å². The van der Waals surface area contributed by atoms with Crippen molar-refractivity contribution in [1.82, 2.24) is 0 Å². The Bertz CT molecular complexity index is 341. The molecule has 0 aromatic heterocycles. The monoisotopic (exact) mass is 194 g/mol. The summed E-state index contributed by atoms with van der Waals surface area (Å²) in [5, 5.41) is 9.26. The molecule has 0 aliphatic heterocycles. The molecule has 1 rings (SSSR count). The van der Waals surface area contributed by atoms with E-state index in [-0.39, 0.29) is 6.04 Å². The molecule has 2 N–H and O–H groups in total. The predicted molar refractivity (Wildman–Crippen MR) is 53.4 cm³/mol. The molecule has 0 radical (unpaired) electrons. The summed E-state index contributed by atoms with van der Waals surface area (Å²) in [6, 6.07) is 7.22. The minimum Gasteiger partial charge on any atom is -0.324 e.